The Morgan fingerprint density at radius 3 is 2.45 bits per heavy atom. The third-order valence-electron chi connectivity index (χ3n) is 3.38. The molecule has 1 N–H and O–H groups in total. The highest BCUT2D eigenvalue weighted by Crippen LogP contribution is 2.29. The van der Waals surface area contributed by atoms with Crippen molar-refractivity contribution in [2.75, 3.05) is 25.1 Å². The number of ether oxygens (including phenoxy) is 2. The number of hydrogen-bond donors (Lipinski definition) is 1. The summed E-state index contributed by atoms with van der Waals surface area (Å²) in [4.78, 5) is 12.6. The summed E-state index contributed by atoms with van der Waals surface area (Å²) >= 11 is 0. The van der Waals surface area contributed by atoms with Crippen molar-refractivity contribution in [3.63, 3.8) is 0 Å². The first-order valence-electron chi connectivity index (χ1n) is 7.57. The van der Waals surface area contributed by atoms with Crippen molar-refractivity contribution in [2.45, 2.75) is 46.0 Å². The summed E-state index contributed by atoms with van der Waals surface area (Å²) in [6.07, 6.45) is 6.10. The maximum Gasteiger partial charge on any atom is 0.324 e. The van der Waals surface area contributed by atoms with Crippen molar-refractivity contribution in [2.24, 2.45) is 5.92 Å². The van der Waals surface area contributed by atoms with Crippen molar-refractivity contribution < 1.29 is 9.47 Å². The second-order valence-electron chi connectivity index (χ2n) is 5.02. The van der Waals surface area contributed by atoms with E-state index in [1.165, 1.54) is 19.3 Å². The van der Waals surface area contributed by atoms with Crippen molar-refractivity contribution >= 4 is 5.95 Å². The molecule has 1 saturated carbocycles. The highest BCUT2D eigenvalue weighted by atomic mass is 16.5. The van der Waals surface area contributed by atoms with Crippen LogP contribution in [-0.4, -0.2) is 34.7 Å². The van der Waals surface area contributed by atoms with Crippen molar-refractivity contribution in [3.05, 3.63) is 0 Å². The van der Waals surface area contributed by atoms with Crippen molar-refractivity contribution in [1.29, 1.82) is 0 Å². The molecule has 1 heterocycles. The fourth-order valence-electron chi connectivity index (χ4n) is 2.01. The fraction of sp³-hybridized carbons (Fsp3) is 0.786. The first-order valence-corrected chi connectivity index (χ1v) is 7.57. The summed E-state index contributed by atoms with van der Waals surface area (Å²) in [6.45, 7) is 6.00. The Morgan fingerprint density at radius 2 is 1.85 bits per heavy atom. The monoisotopic (exact) mass is 280 g/mol. The molecule has 0 radical (unpaired) electrons. The predicted octanol–water partition coefficient (Wildman–Crippen LogP) is 2.66. The van der Waals surface area contributed by atoms with Gasteiger partial charge in [-0.1, -0.05) is 26.2 Å². The molecule has 1 aromatic heterocycles. The zero-order chi connectivity index (χ0) is 14.2. The third kappa shape index (κ3) is 4.51. The molecule has 1 fully saturated rings. The molecule has 0 bridgehead atoms. The van der Waals surface area contributed by atoms with Crippen LogP contribution in [0.25, 0.3) is 0 Å². The molecule has 6 nitrogen and oxygen atoms in total. The fourth-order valence-corrected chi connectivity index (χ4v) is 2.01. The number of aromatic nitrogens is 3. The van der Waals surface area contributed by atoms with Gasteiger partial charge in [0.2, 0.25) is 5.95 Å². The highest BCUT2D eigenvalue weighted by Gasteiger charge is 2.17. The molecule has 1 aliphatic carbocycles. The molecule has 2 rings (SSSR count). The molecule has 1 aromatic rings. The molecule has 0 aromatic carbocycles. The van der Waals surface area contributed by atoms with Gasteiger partial charge in [-0.2, -0.15) is 9.97 Å². The maximum absolute atomic E-state index is 5.64. The lowest BCUT2D eigenvalue weighted by molar-refractivity contribution is 0.208. The van der Waals surface area contributed by atoms with Gasteiger partial charge in [0.1, 0.15) is 0 Å². The van der Waals surface area contributed by atoms with Gasteiger partial charge in [0.15, 0.2) is 0 Å². The molecule has 0 atom stereocenters. The Kier molecular flexibility index (Phi) is 5.83. The number of hydrogen-bond acceptors (Lipinski definition) is 6. The third-order valence-corrected chi connectivity index (χ3v) is 3.38. The van der Waals surface area contributed by atoms with E-state index in [1.54, 1.807) is 0 Å². The molecule has 20 heavy (non-hydrogen) atoms. The van der Waals surface area contributed by atoms with Crippen LogP contribution in [0.5, 0.6) is 12.0 Å². The van der Waals surface area contributed by atoms with Gasteiger partial charge in [-0.05, 0) is 25.7 Å². The van der Waals surface area contributed by atoms with Gasteiger partial charge >= 0.3 is 12.0 Å². The minimum absolute atomic E-state index is 0.319. The van der Waals surface area contributed by atoms with Crippen molar-refractivity contribution in [1.82, 2.24) is 15.0 Å². The molecule has 6 heteroatoms. The van der Waals surface area contributed by atoms with E-state index >= 15 is 0 Å². The van der Waals surface area contributed by atoms with Crippen LogP contribution in [0.3, 0.4) is 0 Å². The summed E-state index contributed by atoms with van der Waals surface area (Å²) < 4.78 is 11.0. The molecule has 112 valence electrons. The van der Waals surface area contributed by atoms with E-state index in [0.29, 0.717) is 31.2 Å². The Balaban J connectivity index is 1.91. The highest BCUT2D eigenvalue weighted by molar-refractivity contribution is 5.27. The first kappa shape index (κ1) is 14.8. The van der Waals surface area contributed by atoms with Crippen LogP contribution in [0.15, 0.2) is 0 Å². The number of anilines is 1. The lowest BCUT2D eigenvalue weighted by atomic mass is 9.83. The van der Waals surface area contributed by atoms with Gasteiger partial charge < -0.3 is 14.8 Å². The summed E-state index contributed by atoms with van der Waals surface area (Å²) in [5, 5.41) is 3.13. The van der Waals surface area contributed by atoms with Gasteiger partial charge in [0, 0.05) is 6.54 Å². The van der Waals surface area contributed by atoms with Gasteiger partial charge in [-0.25, -0.2) is 0 Å². The maximum atomic E-state index is 5.64. The Labute approximate surface area is 120 Å². The lowest BCUT2D eigenvalue weighted by Crippen LogP contribution is -2.16. The topological polar surface area (TPSA) is 69.2 Å². The van der Waals surface area contributed by atoms with Gasteiger partial charge in [0.05, 0.1) is 13.2 Å². The molecule has 0 unspecified atom stereocenters. The Bertz CT molecular complexity index is 410. The average molecular weight is 280 g/mol. The summed E-state index contributed by atoms with van der Waals surface area (Å²) in [7, 11) is 0. The van der Waals surface area contributed by atoms with E-state index < -0.39 is 0 Å². The van der Waals surface area contributed by atoms with Gasteiger partial charge in [-0.3, -0.25) is 0 Å². The Morgan fingerprint density at radius 1 is 1.10 bits per heavy atom. The molecule has 0 amide bonds. The van der Waals surface area contributed by atoms with Crippen LogP contribution >= 0.6 is 0 Å². The minimum Gasteiger partial charge on any atom is -0.464 e. The first-order chi connectivity index (χ1) is 9.81. The SMILES string of the molecule is CCCNc1nc(OCC)nc(OCCC2CCC2)n1. The average Bonchev–Trinajstić information content (AvgIpc) is 2.39. The van der Waals surface area contributed by atoms with E-state index in [4.69, 9.17) is 9.47 Å². The molecule has 0 saturated heterocycles. The van der Waals surface area contributed by atoms with Gasteiger partial charge in [-0.15, -0.1) is 4.98 Å². The van der Waals surface area contributed by atoms with Crippen LogP contribution in [0.4, 0.5) is 5.95 Å². The van der Waals surface area contributed by atoms with Crippen LogP contribution in [0.2, 0.25) is 0 Å². The predicted molar refractivity (Wildman–Crippen MR) is 77.2 cm³/mol. The smallest absolute Gasteiger partial charge is 0.324 e. The molecule has 0 aliphatic heterocycles. The largest absolute Gasteiger partial charge is 0.464 e. The lowest BCUT2D eigenvalue weighted by Gasteiger charge is -2.24. The van der Waals surface area contributed by atoms with Gasteiger partial charge in [0.25, 0.3) is 0 Å². The number of nitrogens with one attached hydrogen (secondary N) is 1. The number of nitrogens with zero attached hydrogens (tertiary/aromatic N) is 3. The molecular weight excluding hydrogens is 256 g/mol. The van der Waals surface area contributed by atoms with E-state index in [1.807, 2.05) is 6.92 Å². The Hall–Kier alpha value is -1.59. The van der Waals surface area contributed by atoms with Crippen LogP contribution in [0, 0.1) is 5.92 Å². The quantitative estimate of drug-likeness (QED) is 0.750. The van der Waals surface area contributed by atoms with E-state index in [0.717, 1.165) is 25.3 Å². The zero-order valence-corrected chi connectivity index (χ0v) is 12.4. The normalized spacial score (nSPS) is 14.7. The molecule has 0 spiro atoms. The summed E-state index contributed by atoms with van der Waals surface area (Å²) in [6, 6.07) is 0.668. The standard InChI is InChI=1S/C14H24N4O2/c1-3-9-15-12-16-13(19-4-2)18-14(17-12)20-10-8-11-6-5-7-11/h11H,3-10H2,1-2H3,(H,15,16,17,18). The van der Waals surface area contributed by atoms with Crippen LogP contribution in [0.1, 0.15) is 46.0 Å². The van der Waals surface area contributed by atoms with E-state index in [-0.39, 0.29) is 0 Å². The van der Waals surface area contributed by atoms with Crippen molar-refractivity contribution in [3.8, 4) is 12.0 Å². The minimum atomic E-state index is 0.319. The second kappa shape index (κ2) is 7.87. The molecule has 1 aliphatic rings. The van der Waals surface area contributed by atoms with Crippen LogP contribution < -0.4 is 14.8 Å². The zero-order valence-electron chi connectivity index (χ0n) is 12.4. The summed E-state index contributed by atoms with van der Waals surface area (Å²) in [5.74, 6) is 1.34. The van der Waals surface area contributed by atoms with E-state index in [9.17, 15) is 0 Å². The molecular formula is C14H24N4O2. The number of rotatable bonds is 9. The van der Waals surface area contributed by atoms with E-state index in [2.05, 4.69) is 27.2 Å². The second-order valence-corrected chi connectivity index (χ2v) is 5.02. The summed E-state index contributed by atoms with van der Waals surface area (Å²) in [5.41, 5.74) is 0. The van der Waals surface area contributed by atoms with Crippen LogP contribution in [-0.2, 0) is 0 Å².